The van der Waals surface area contributed by atoms with Crippen LogP contribution in [0.3, 0.4) is 0 Å². The SMILES string of the molecule is C=CCNC(=O)c1cc(S(=O)(=O)N(CC)CC)ccc1N1CCCC1. The minimum absolute atomic E-state index is 0.155. The molecule has 138 valence electrons. The molecule has 0 aliphatic carbocycles. The Hall–Kier alpha value is -1.86. The van der Waals surface area contributed by atoms with Crippen LogP contribution in [0.25, 0.3) is 0 Å². The number of carbonyl (C=O) groups is 1. The number of hydrogen-bond donors (Lipinski definition) is 1. The lowest BCUT2D eigenvalue weighted by atomic mass is 10.1. The standard InChI is InChI=1S/C18H27N3O3S/c1-4-11-19-18(22)16-14-15(25(23,24)21(5-2)6-3)9-10-17(16)20-12-7-8-13-20/h4,9-10,14H,1,5-8,11-13H2,2-3H3,(H,19,22). The highest BCUT2D eigenvalue weighted by Crippen LogP contribution is 2.28. The van der Waals surface area contributed by atoms with Crippen LogP contribution in [0.4, 0.5) is 5.69 Å². The van der Waals surface area contributed by atoms with Gasteiger partial charge in [0.2, 0.25) is 10.0 Å². The number of nitrogens with zero attached hydrogens (tertiary/aromatic N) is 2. The highest BCUT2D eigenvalue weighted by atomic mass is 32.2. The zero-order valence-electron chi connectivity index (χ0n) is 15.0. The Morgan fingerprint density at radius 3 is 2.48 bits per heavy atom. The molecule has 25 heavy (non-hydrogen) atoms. The number of rotatable bonds is 8. The Morgan fingerprint density at radius 2 is 1.92 bits per heavy atom. The van der Waals surface area contributed by atoms with Crippen molar-refractivity contribution in [2.45, 2.75) is 31.6 Å². The van der Waals surface area contributed by atoms with Gasteiger partial charge in [-0.2, -0.15) is 4.31 Å². The summed E-state index contributed by atoms with van der Waals surface area (Å²) in [4.78, 5) is 14.9. The van der Waals surface area contributed by atoms with E-state index in [2.05, 4.69) is 16.8 Å². The molecule has 0 aromatic heterocycles. The van der Waals surface area contributed by atoms with Gasteiger partial charge in [-0.3, -0.25) is 4.79 Å². The van der Waals surface area contributed by atoms with Gasteiger partial charge in [-0.05, 0) is 31.0 Å². The summed E-state index contributed by atoms with van der Waals surface area (Å²) < 4.78 is 27.0. The van der Waals surface area contributed by atoms with Crippen molar-refractivity contribution in [3.63, 3.8) is 0 Å². The molecule has 0 atom stereocenters. The molecule has 1 aliphatic heterocycles. The van der Waals surface area contributed by atoms with E-state index in [0.29, 0.717) is 25.2 Å². The highest BCUT2D eigenvalue weighted by Gasteiger charge is 2.26. The van der Waals surface area contributed by atoms with Crippen LogP contribution < -0.4 is 10.2 Å². The zero-order valence-corrected chi connectivity index (χ0v) is 15.8. The van der Waals surface area contributed by atoms with Crippen molar-refractivity contribution in [1.29, 1.82) is 0 Å². The van der Waals surface area contributed by atoms with Gasteiger partial charge >= 0.3 is 0 Å². The van der Waals surface area contributed by atoms with Crippen molar-refractivity contribution in [2.24, 2.45) is 0 Å². The summed E-state index contributed by atoms with van der Waals surface area (Å²) in [5.41, 5.74) is 1.19. The van der Waals surface area contributed by atoms with Gasteiger partial charge in [-0.25, -0.2) is 8.42 Å². The van der Waals surface area contributed by atoms with Crippen LogP contribution in [-0.4, -0.2) is 51.4 Å². The Bertz CT molecular complexity index is 721. The van der Waals surface area contributed by atoms with Crippen molar-refractivity contribution in [3.8, 4) is 0 Å². The summed E-state index contributed by atoms with van der Waals surface area (Å²) in [7, 11) is -3.60. The van der Waals surface area contributed by atoms with Gasteiger partial charge in [0.05, 0.1) is 10.5 Å². The molecular formula is C18H27N3O3S. The minimum atomic E-state index is -3.60. The fraction of sp³-hybridized carbons (Fsp3) is 0.500. The molecule has 0 saturated carbocycles. The summed E-state index contributed by atoms with van der Waals surface area (Å²) in [6, 6.07) is 4.86. The average Bonchev–Trinajstić information content (AvgIpc) is 3.14. The third kappa shape index (κ3) is 4.22. The predicted molar refractivity (Wildman–Crippen MR) is 101 cm³/mol. The average molecular weight is 365 g/mol. The first-order valence-corrected chi connectivity index (χ1v) is 10.2. The molecule has 1 aromatic rings. The van der Waals surface area contributed by atoms with Gasteiger partial charge in [0.1, 0.15) is 0 Å². The lowest BCUT2D eigenvalue weighted by molar-refractivity contribution is 0.0958. The summed E-state index contributed by atoms with van der Waals surface area (Å²) in [5.74, 6) is -0.279. The number of anilines is 1. The van der Waals surface area contributed by atoms with Gasteiger partial charge in [-0.15, -0.1) is 6.58 Å². The highest BCUT2D eigenvalue weighted by molar-refractivity contribution is 7.89. The zero-order chi connectivity index (χ0) is 18.4. The molecule has 0 radical (unpaired) electrons. The summed E-state index contributed by atoms with van der Waals surface area (Å²) in [6.07, 6.45) is 3.75. The summed E-state index contributed by atoms with van der Waals surface area (Å²) >= 11 is 0. The molecular weight excluding hydrogens is 338 g/mol. The Kier molecular flexibility index (Phi) is 6.61. The van der Waals surface area contributed by atoms with Crippen molar-refractivity contribution in [3.05, 3.63) is 36.4 Å². The molecule has 1 aromatic carbocycles. The van der Waals surface area contributed by atoms with Crippen molar-refractivity contribution in [1.82, 2.24) is 9.62 Å². The molecule has 0 unspecified atom stereocenters. The lowest BCUT2D eigenvalue weighted by Crippen LogP contribution is -2.32. The Morgan fingerprint density at radius 1 is 1.28 bits per heavy atom. The van der Waals surface area contributed by atoms with Gasteiger partial charge < -0.3 is 10.2 Å². The van der Waals surface area contributed by atoms with Crippen LogP contribution in [-0.2, 0) is 10.0 Å². The van der Waals surface area contributed by atoms with E-state index in [-0.39, 0.29) is 10.8 Å². The first-order chi connectivity index (χ1) is 12.0. The molecule has 1 aliphatic rings. The van der Waals surface area contributed by atoms with E-state index in [9.17, 15) is 13.2 Å². The number of nitrogens with one attached hydrogen (secondary N) is 1. The Labute approximate surface area is 150 Å². The van der Waals surface area contributed by atoms with Crippen molar-refractivity contribution < 1.29 is 13.2 Å². The maximum Gasteiger partial charge on any atom is 0.253 e. The van der Waals surface area contributed by atoms with Crippen molar-refractivity contribution in [2.75, 3.05) is 37.6 Å². The van der Waals surface area contributed by atoms with Crippen LogP contribution in [0.2, 0.25) is 0 Å². The smallest absolute Gasteiger partial charge is 0.253 e. The monoisotopic (exact) mass is 365 g/mol. The fourth-order valence-electron chi connectivity index (χ4n) is 3.06. The van der Waals surface area contributed by atoms with E-state index >= 15 is 0 Å². The predicted octanol–water partition coefficient (Wildman–Crippen LogP) is 2.23. The quantitative estimate of drug-likeness (QED) is 0.717. The van der Waals surface area contributed by atoms with E-state index in [1.165, 1.54) is 10.4 Å². The van der Waals surface area contributed by atoms with E-state index in [0.717, 1.165) is 31.6 Å². The summed E-state index contributed by atoms with van der Waals surface area (Å²) in [5, 5.41) is 2.76. The van der Waals surface area contributed by atoms with Gasteiger partial charge in [0.25, 0.3) is 5.91 Å². The second-order valence-corrected chi connectivity index (χ2v) is 7.90. The van der Waals surface area contributed by atoms with Gasteiger partial charge in [-0.1, -0.05) is 19.9 Å². The Balaban J connectivity index is 2.47. The third-order valence-electron chi connectivity index (χ3n) is 4.41. The van der Waals surface area contributed by atoms with E-state index in [1.54, 1.807) is 32.1 Å². The van der Waals surface area contributed by atoms with Crippen LogP contribution in [0.15, 0.2) is 35.7 Å². The van der Waals surface area contributed by atoms with Gasteiger partial charge in [0, 0.05) is 38.4 Å². The number of carbonyl (C=O) groups excluding carboxylic acids is 1. The van der Waals surface area contributed by atoms with E-state index < -0.39 is 10.0 Å². The molecule has 2 rings (SSSR count). The molecule has 0 spiro atoms. The van der Waals surface area contributed by atoms with E-state index in [4.69, 9.17) is 0 Å². The molecule has 7 heteroatoms. The lowest BCUT2D eigenvalue weighted by Gasteiger charge is -2.23. The normalized spacial score (nSPS) is 14.8. The van der Waals surface area contributed by atoms with Gasteiger partial charge in [0.15, 0.2) is 0 Å². The maximum absolute atomic E-state index is 12.8. The molecule has 1 amide bonds. The van der Waals surface area contributed by atoms with Crippen LogP contribution in [0, 0.1) is 0 Å². The second-order valence-electron chi connectivity index (χ2n) is 5.96. The largest absolute Gasteiger partial charge is 0.371 e. The minimum Gasteiger partial charge on any atom is -0.371 e. The number of amides is 1. The van der Waals surface area contributed by atoms with Crippen LogP contribution in [0.1, 0.15) is 37.0 Å². The molecule has 6 nitrogen and oxygen atoms in total. The molecule has 1 N–H and O–H groups in total. The molecule has 1 fully saturated rings. The second kappa shape index (κ2) is 8.49. The van der Waals surface area contributed by atoms with Crippen molar-refractivity contribution >= 4 is 21.6 Å². The van der Waals surface area contributed by atoms with E-state index in [1.807, 2.05) is 0 Å². The molecule has 1 heterocycles. The van der Waals surface area contributed by atoms with Crippen LogP contribution in [0.5, 0.6) is 0 Å². The van der Waals surface area contributed by atoms with Crippen LogP contribution >= 0.6 is 0 Å². The number of benzene rings is 1. The maximum atomic E-state index is 12.8. The molecule has 1 saturated heterocycles. The first-order valence-electron chi connectivity index (χ1n) is 8.73. The topological polar surface area (TPSA) is 69.7 Å². The first kappa shape index (κ1) is 19.5. The third-order valence-corrected chi connectivity index (χ3v) is 6.46. The fourth-order valence-corrected chi connectivity index (χ4v) is 4.55. The number of sulfonamides is 1. The number of hydrogen-bond acceptors (Lipinski definition) is 4. The summed E-state index contributed by atoms with van der Waals surface area (Å²) in [6.45, 7) is 10.1. The molecule has 0 bridgehead atoms.